The van der Waals surface area contributed by atoms with Crippen LogP contribution in [0.2, 0.25) is 5.02 Å². The van der Waals surface area contributed by atoms with E-state index in [9.17, 15) is 0 Å². The quantitative estimate of drug-likeness (QED) is 0.314. The molecule has 0 spiro atoms. The van der Waals surface area contributed by atoms with Gasteiger partial charge in [0, 0.05) is 16.5 Å². The predicted molar refractivity (Wildman–Crippen MR) is 120 cm³/mol. The first-order valence-corrected chi connectivity index (χ1v) is 10.8. The summed E-state index contributed by atoms with van der Waals surface area (Å²) in [5.74, 6) is 1.58. The number of fused-ring (bicyclic) bond motifs is 1. The minimum absolute atomic E-state index is 0.105. The summed E-state index contributed by atoms with van der Waals surface area (Å²) < 4.78 is 2.35. The summed E-state index contributed by atoms with van der Waals surface area (Å²) in [4.78, 5) is 6.30. The van der Waals surface area contributed by atoms with E-state index in [1.165, 1.54) is 10.5 Å². The fourth-order valence-corrected chi connectivity index (χ4v) is 4.74. The molecule has 1 aromatic heterocycles. The first-order valence-electron chi connectivity index (χ1n) is 9.54. The molecule has 0 N–H and O–H groups in total. The van der Waals surface area contributed by atoms with E-state index in [4.69, 9.17) is 16.6 Å². The largest absolute Gasteiger partial charge is 0.326 e. The molecule has 0 radical (unpaired) electrons. The van der Waals surface area contributed by atoms with Gasteiger partial charge in [0.2, 0.25) is 0 Å². The summed E-state index contributed by atoms with van der Waals surface area (Å²) in [6, 6.07) is 27.1. The monoisotopic (exact) mass is 406 g/mol. The van der Waals surface area contributed by atoms with Gasteiger partial charge in [-0.25, -0.2) is 4.98 Å². The van der Waals surface area contributed by atoms with Gasteiger partial charge in [-0.05, 0) is 41.8 Å². The molecule has 0 saturated heterocycles. The number of nitrogens with zero attached hydrogens (tertiary/aromatic N) is 2. The second kappa shape index (κ2) is 8.42. The average Bonchev–Trinajstić information content (AvgIpc) is 3.04. The van der Waals surface area contributed by atoms with Gasteiger partial charge in [-0.1, -0.05) is 74.0 Å². The third kappa shape index (κ3) is 4.11. The molecule has 28 heavy (non-hydrogen) atoms. The Balaban J connectivity index is 1.88. The van der Waals surface area contributed by atoms with Crippen LogP contribution in [0.5, 0.6) is 0 Å². The Kier molecular flexibility index (Phi) is 5.74. The van der Waals surface area contributed by atoms with Crippen molar-refractivity contribution in [2.75, 3.05) is 0 Å². The summed E-state index contributed by atoms with van der Waals surface area (Å²) in [6.07, 6.45) is 0. The third-order valence-electron chi connectivity index (χ3n) is 4.62. The van der Waals surface area contributed by atoms with Gasteiger partial charge in [0.1, 0.15) is 5.82 Å². The lowest BCUT2D eigenvalue weighted by Gasteiger charge is -2.20. The Morgan fingerprint density at radius 1 is 0.929 bits per heavy atom. The molecule has 1 unspecified atom stereocenters. The number of aromatic nitrogens is 2. The van der Waals surface area contributed by atoms with Gasteiger partial charge >= 0.3 is 0 Å². The van der Waals surface area contributed by atoms with Crippen molar-refractivity contribution in [3.63, 3.8) is 0 Å². The van der Waals surface area contributed by atoms with Crippen molar-refractivity contribution in [2.24, 2.45) is 5.92 Å². The van der Waals surface area contributed by atoms with Crippen molar-refractivity contribution in [2.45, 2.75) is 30.5 Å². The fourth-order valence-electron chi connectivity index (χ4n) is 3.40. The molecule has 0 saturated carbocycles. The van der Waals surface area contributed by atoms with Crippen LogP contribution < -0.4 is 0 Å². The Bertz CT molecular complexity index is 1060. The topological polar surface area (TPSA) is 17.8 Å². The molecule has 142 valence electrons. The number of benzene rings is 3. The van der Waals surface area contributed by atoms with Crippen LogP contribution >= 0.6 is 23.4 Å². The second-order valence-corrected chi connectivity index (χ2v) is 8.94. The average molecular weight is 407 g/mol. The third-order valence-corrected chi connectivity index (χ3v) is 6.12. The summed E-state index contributed by atoms with van der Waals surface area (Å²) in [6.45, 7) is 5.38. The molecule has 0 aliphatic heterocycles. The molecule has 1 atom stereocenters. The number of imidazole rings is 1. The standard InChI is InChI=1S/C24H23ClN2S/c1-17(2)16-27-22-15-19(25)13-14-21(22)26-24(27)23(18-9-5-3-6-10-18)28-20-11-7-4-8-12-20/h3-15,17,23H,16H2,1-2H3. The van der Waals surface area contributed by atoms with Gasteiger partial charge in [-0.2, -0.15) is 0 Å². The number of thioether (sulfide) groups is 1. The van der Waals surface area contributed by atoms with Crippen LogP contribution in [0.25, 0.3) is 11.0 Å². The molecule has 0 aliphatic carbocycles. The van der Waals surface area contributed by atoms with E-state index in [1.54, 1.807) is 0 Å². The van der Waals surface area contributed by atoms with E-state index in [2.05, 4.69) is 79.1 Å². The Morgan fingerprint density at radius 3 is 2.29 bits per heavy atom. The van der Waals surface area contributed by atoms with Gasteiger partial charge in [0.15, 0.2) is 0 Å². The maximum Gasteiger partial charge on any atom is 0.127 e. The minimum Gasteiger partial charge on any atom is -0.326 e. The highest BCUT2D eigenvalue weighted by Gasteiger charge is 2.24. The van der Waals surface area contributed by atoms with Crippen molar-refractivity contribution in [3.05, 3.63) is 95.3 Å². The smallest absolute Gasteiger partial charge is 0.127 e. The summed E-state index contributed by atoms with van der Waals surface area (Å²) in [5.41, 5.74) is 3.35. The first-order chi connectivity index (χ1) is 13.6. The number of hydrogen-bond acceptors (Lipinski definition) is 2. The van der Waals surface area contributed by atoms with Crippen molar-refractivity contribution < 1.29 is 0 Å². The van der Waals surface area contributed by atoms with Crippen molar-refractivity contribution in [1.82, 2.24) is 9.55 Å². The van der Waals surface area contributed by atoms with E-state index in [-0.39, 0.29) is 5.25 Å². The van der Waals surface area contributed by atoms with E-state index in [0.29, 0.717) is 5.92 Å². The van der Waals surface area contributed by atoms with Gasteiger partial charge in [0.25, 0.3) is 0 Å². The molecule has 3 aromatic carbocycles. The molecule has 2 nitrogen and oxygen atoms in total. The molecular formula is C24H23ClN2S. The number of hydrogen-bond donors (Lipinski definition) is 0. The molecule has 0 bridgehead atoms. The van der Waals surface area contributed by atoms with E-state index in [0.717, 1.165) is 28.4 Å². The SMILES string of the molecule is CC(C)Cn1c(C(Sc2ccccc2)c2ccccc2)nc2ccc(Cl)cc21. The van der Waals surface area contributed by atoms with Gasteiger partial charge in [-0.15, -0.1) is 11.8 Å². The Labute approximate surface area is 175 Å². The lowest BCUT2D eigenvalue weighted by molar-refractivity contribution is 0.519. The maximum absolute atomic E-state index is 6.32. The molecule has 4 rings (SSSR count). The van der Waals surface area contributed by atoms with E-state index >= 15 is 0 Å². The van der Waals surface area contributed by atoms with Gasteiger partial charge < -0.3 is 4.57 Å². The number of rotatable bonds is 6. The predicted octanol–water partition coefficient (Wildman–Crippen LogP) is 7.23. The van der Waals surface area contributed by atoms with Crippen LogP contribution in [-0.2, 0) is 6.54 Å². The normalized spacial score (nSPS) is 12.6. The van der Waals surface area contributed by atoms with Crippen LogP contribution in [0.1, 0.15) is 30.5 Å². The van der Waals surface area contributed by atoms with Crippen molar-refractivity contribution in [3.8, 4) is 0 Å². The summed E-state index contributed by atoms with van der Waals surface area (Å²) in [7, 11) is 0. The Morgan fingerprint density at radius 2 is 1.61 bits per heavy atom. The molecule has 0 fully saturated rings. The van der Waals surface area contributed by atoms with Crippen LogP contribution in [0.3, 0.4) is 0 Å². The molecule has 4 heteroatoms. The first kappa shape index (κ1) is 19.1. The number of halogens is 1. The van der Waals surface area contributed by atoms with E-state index in [1.807, 2.05) is 30.0 Å². The maximum atomic E-state index is 6.32. The fraction of sp³-hybridized carbons (Fsp3) is 0.208. The van der Waals surface area contributed by atoms with Gasteiger partial charge in [-0.3, -0.25) is 0 Å². The van der Waals surface area contributed by atoms with Crippen molar-refractivity contribution >= 4 is 34.4 Å². The summed E-state index contributed by atoms with van der Waals surface area (Å²) in [5, 5.41) is 0.851. The minimum atomic E-state index is 0.105. The molecule has 0 amide bonds. The highest BCUT2D eigenvalue weighted by molar-refractivity contribution is 7.99. The van der Waals surface area contributed by atoms with E-state index < -0.39 is 0 Å². The highest BCUT2D eigenvalue weighted by atomic mass is 35.5. The lowest BCUT2D eigenvalue weighted by Crippen LogP contribution is -2.12. The van der Waals surface area contributed by atoms with Crippen LogP contribution in [0.4, 0.5) is 0 Å². The van der Waals surface area contributed by atoms with Crippen LogP contribution in [0.15, 0.2) is 83.8 Å². The molecule has 0 aliphatic rings. The van der Waals surface area contributed by atoms with Crippen molar-refractivity contribution in [1.29, 1.82) is 0 Å². The van der Waals surface area contributed by atoms with Crippen LogP contribution in [0, 0.1) is 5.92 Å². The zero-order valence-corrected chi connectivity index (χ0v) is 17.6. The molecular weight excluding hydrogens is 384 g/mol. The second-order valence-electron chi connectivity index (χ2n) is 7.33. The lowest BCUT2D eigenvalue weighted by atomic mass is 10.1. The Hall–Kier alpha value is -2.23. The van der Waals surface area contributed by atoms with Gasteiger partial charge in [0.05, 0.1) is 16.3 Å². The summed E-state index contributed by atoms with van der Waals surface area (Å²) >= 11 is 8.16. The zero-order valence-electron chi connectivity index (χ0n) is 16.0. The zero-order chi connectivity index (χ0) is 19.5. The molecule has 4 aromatic rings. The highest BCUT2D eigenvalue weighted by Crippen LogP contribution is 2.41. The molecule has 1 heterocycles. The van der Waals surface area contributed by atoms with Crippen LogP contribution in [-0.4, -0.2) is 9.55 Å².